The van der Waals surface area contributed by atoms with Crippen LogP contribution in [0, 0.1) is 6.92 Å². The van der Waals surface area contributed by atoms with Gasteiger partial charge in [0.25, 0.3) is 5.91 Å². The third kappa shape index (κ3) is 5.19. The maximum Gasteiger partial charge on any atom is 0.254 e. The molecule has 6 nitrogen and oxygen atoms in total. The Morgan fingerprint density at radius 2 is 2.04 bits per heavy atom. The van der Waals surface area contributed by atoms with E-state index in [-0.39, 0.29) is 5.91 Å². The minimum absolute atomic E-state index is 0.199. The summed E-state index contributed by atoms with van der Waals surface area (Å²) in [4.78, 5) is 20.2. The number of anilines is 2. The minimum Gasteiger partial charge on any atom is -0.385 e. The van der Waals surface area contributed by atoms with Crippen LogP contribution in [0.15, 0.2) is 30.6 Å². The standard InChI is InChI=1S/C16H19ClN4O2/c1-11-8-13(17)4-5-14(11)21-16-19-9-12(10-20-16)15(22)18-6-3-7-23-2/h4-5,8-10H,3,6-7H2,1-2H3,(H,18,22)(H,19,20,21). The molecule has 0 aliphatic carbocycles. The highest BCUT2D eigenvalue weighted by atomic mass is 35.5. The molecule has 0 unspecified atom stereocenters. The lowest BCUT2D eigenvalue weighted by molar-refractivity contribution is 0.0948. The van der Waals surface area contributed by atoms with E-state index in [9.17, 15) is 4.79 Å². The Bertz CT molecular complexity index is 662. The average Bonchev–Trinajstić information content (AvgIpc) is 2.55. The molecule has 0 atom stereocenters. The second-order valence-electron chi connectivity index (χ2n) is 4.98. The molecule has 2 rings (SSSR count). The van der Waals surface area contributed by atoms with E-state index in [1.807, 2.05) is 19.1 Å². The molecule has 0 aliphatic rings. The zero-order valence-electron chi connectivity index (χ0n) is 13.1. The monoisotopic (exact) mass is 334 g/mol. The second-order valence-corrected chi connectivity index (χ2v) is 5.42. The van der Waals surface area contributed by atoms with E-state index in [0.717, 1.165) is 17.7 Å². The van der Waals surface area contributed by atoms with Crippen LogP contribution >= 0.6 is 11.6 Å². The fourth-order valence-corrected chi connectivity index (χ4v) is 2.14. The maximum atomic E-state index is 11.9. The van der Waals surface area contributed by atoms with Crippen LogP contribution in [0.4, 0.5) is 11.6 Å². The van der Waals surface area contributed by atoms with Crippen molar-refractivity contribution in [1.82, 2.24) is 15.3 Å². The Labute approximate surface area is 140 Å². The van der Waals surface area contributed by atoms with Gasteiger partial charge in [0.05, 0.1) is 5.56 Å². The predicted octanol–water partition coefficient (Wildman–Crippen LogP) is 2.95. The first-order valence-electron chi connectivity index (χ1n) is 7.22. The van der Waals surface area contributed by atoms with E-state index < -0.39 is 0 Å². The molecule has 7 heteroatoms. The SMILES string of the molecule is COCCCNC(=O)c1cnc(Nc2ccc(Cl)cc2C)nc1. The van der Waals surface area contributed by atoms with Crippen LogP contribution in [0.25, 0.3) is 0 Å². The van der Waals surface area contributed by atoms with Gasteiger partial charge in [0.2, 0.25) is 5.95 Å². The number of nitrogens with zero attached hydrogens (tertiary/aromatic N) is 2. The fraction of sp³-hybridized carbons (Fsp3) is 0.312. The Kier molecular flexibility index (Phi) is 6.31. The van der Waals surface area contributed by atoms with Crippen LogP contribution in [0.1, 0.15) is 22.3 Å². The third-order valence-electron chi connectivity index (χ3n) is 3.16. The topological polar surface area (TPSA) is 76.1 Å². The number of benzene rings is 1. The summed E-state index contributed by atoms with van der Waals surface area (Å²) < 4.78 is 4.93. The summed E-state index contributed by atoms with van der Waals surface area (Å²) in [6, 6.07) is 5.50. The van der Waals surface area contributed by atoms with Crippen molar-refractivity contribution in [1.29, 1.82) is 0 Å². The van der Waals surface area contributed by atoms with E-state index in [1.165, 1.54) is 12.4 Å². The number of methoxy groups -OCH3 is 1. The van der Waals surface area contributed by atoms with Crippen molar-refractivity contribution in [2.24, 2.45) is 0 Å². The minimum atomic E-state index is -0.199. The second kappa shape index (κ2) is 8.45. The number of halogens is 1. The van der Waals surface area contributed by atoms with Gasteiger partial charge < -0.3 is 15.4 Å². The molecule has 0 saturated heterocycles. The van der Waals surface area contributed by atoms with Crippen molar-refractivity contribution in [2.45, 2.75) is 13.3 Å². The van der Waals surface area contributed by atoms with Gasteiger partial charge in [-0.05, 0) is 37.1 Å². The lowest BCUT2D eigenvalue weighted by Gasteiger charge is -2.09. The number of rotatable bonds is 7. The molecule has 2 N–H and O–H groups in total. The van der Waals surface area contributed by atoms with Crippen molar-refractivity contribution in [3.8, 4) is 0 Å². The molecule has 1 aromatic carbocycles. The largest absolute Gasteiger partial charge is 0.385 e. The highest BCUT2D eigenvalue weighted by Gasteiger charge is 2.07. The molecule has 1 amide bonds. The van der Waals surface area contributed by atoms with Crippen LogP contribution in [0.2, 0.25) is 5.02 Å². The van der Waals surface area contributed by atoms with Gasteiger partial charge in [-0.3, -0.25) is 4.79 Å². The number of amides is 1. The van der Waals surface area contributed by atoms with E-state index in [4.69, 9.17) is 16.3 Å². The molecule has 0 fully saturated rings. The van der Waals surface area contributed by atoms with Gasteiger partial charge >= 0.3 is 0 Å². The summed E-state index contributed by atoms with van der Waals surface area (Å²) >= 11 is 5.93. The first-order valence-corrected chi connectivity index (χ1v) is 7.60. The number of aromatic nitrogens is 2. The molecule has 0 saturated carbocycles. The van der Waals surface area contributed by atoms with Crippen LogP contribution in [-0.4, -0.2) is 36.1 Å². The number of hydrogen-bond donors (Lipinski definition) is 2. The lowest BCUT2D eigenvalue weighted by atomic mass is 10.2. The molecule has 122 valence electrons. The Morgan fingerprint density at radius 1 is 1.30 bits per heavy atom. The van der Waals surface area contributed by atoms with Gasteiger partial charge in [-0.2, -0.15) is 0 Å². The highest BCUT2D eigenvalue weighted by molar-refractivity contribution is 6.30. The van der Waals surface area contributed by atoms with Crippen LogP contribution in [0.3, 0.4) is 0 Å². The first kappa shape index (κ1) is 17.2. The van der Waals surface area contributed by atoms with Crippen LogP contribution < -0.4 is 10.6 Å². The van der Waals surface area contributed by atoms with E-state index in [0.29, 0.717) is 29.7 Å². The van der Waals surface area contributed by atoms with Gasteiger partial charge in [-0.15, -0.1) is 0 Å². The molecule has 0 bridgehead atoms. The van der Waals surface area contributed by atoms with E-state index in [1.54, 1.807) is 13.2 Å². The molecule has 2 aromatic rings. The average molecular weight is 335 g/mol. The molecule has 0 aliphatic heterocycles. The third-order valence-corrected chi connectivity index (χ3v) is 3.39. The van der Waals surface area contributed by atoms with Gasteiger partial charge in [0.15, 0.2) is 0 Å². The van der Waals surface area contributed by atoms with Gasteiger partial charge in [0.1, 0.15) is 0 Å². The van der Waals surface area contributed by atoms with Crippen molar-refractivity contribution in [3.63, 3.8) is 0 Å². The number of carbonyl (C=O) groups excluding carboxylic acids is 1. The summed E-state index contributed by atoms with van der Waals surface area (Å²) in [5, 5.41) is 6.56. The zero-order valence-corrected chi connectivity index (χ0v) is 13.9. The predicted molar refractivity (Wildman–Crippen MR) is 90.3 cm³/mol. The number of aryl methyl sites for hydroxylation is 1. The molecule has 1 aromatic heterocycles. The normalized spacial score (nSPS) is 10.4. The molecule has 23 heavy (non-hydrogen) atoms. The van der Waals surface area contributed by atoms with Crippen LogP contribution in [0.5, 0.6) is 0 Å². The molecule has 0 radical (unpaired) electrons. The van der Waals surface area contributed by atoms with E-state index >= 15 is 0 Å². The molecular weight excluding hydrogens is 316 g/mol. The quantitative estimate of drug-likeness (QED) is 0.761. The van der Waals surface area contributed by atoms with Gasteiger partial charge in [0, 0.05) is 43.4 Å². The zero-order chi connectivity index (χ0) is 16.7. The maximum absolute atomic E-state index is 11.9. The summed E-state index contributed by atoms with van der Waals surface area (Å²) in [6.07, 6.45) is 3.75. The first-order chi connectivity index (χ1) is 11.1. The number of carbonyl (C=O) groups is 1. The summed E-state index contributed by atoms with van der Waals surface area (Å²) in [5.74, 6) is 0.224. The highest BCUT2D eigenvalue weighted by Crippen LogP contribution is 2.21. The summed E-state index contributed by atoms with van der Waals surface area (Å²) in [7, 11) is 1.63. The molecular formula is C16H19ClN4O2. The van der Waals surface area contributed by atoms with Crippen LogP contribution in [-0.2, 0) is 4.74 Å². The van der Waals surface area contributed by atoms with Gasteiger partial charge in [-0.1, -0.05) is 11.6 Å². The van der Waals surface area contributed by atoms with Crippen molar-refractivity contribution in [3.05, 3.63) is 46.7 Å². The van der Waals surface area contributed by atoms with Gasteiger partial charge in [-0.25, -0.2) is 9.97 Å². The smallest absolute Gasteiger partial charge is 0.254 e. The van der Waals surface area contributed by atoms with Crippen molar-refractivity contribution < 1.29 is 9.53 Å². The van der Waals surface area contributed by atoms with Crippen molar-refractivity contribution >= 4 is 29.1 Å². The summed E-state index contributed by atoms with van der Waals surface area (Å²) in [6.45, 7) is 3.10. The fourth-order valence-electron chi connectivity index (χ4n) is 1.92. The van der Waals surface area contributed by atoms with Crippen molar-refractivity contribution in [2.75, 3.05) is 25.6 Å². The Hall–Kier alpha value is -2.18. The lowest BCUT2D eigenvalue weighted by Crippen LogP contribution is -2.25. The number of ether oxygens (including phenoxy) is 1. The Morgan fingerprint density at radius 3 is 2.70 bits per heavy atom. The number of nitrogens with one attached hydrogen (secondary N) is 2. The molecule has 1 heterocycles. The Balaban J connectivity index is 1.95. The number of hydrogen-bond acceptors (Lipinski definition) is 5. The summed E-state index contributed by atoms with van der Waals surface area (Å²) in [5.41, 5.74) is 2.27. The molecule has 0 spiro atoms. The van der Waals surface area contributed by atoms with E-state index in [2.05, 4.69) is 20.6 Å².